The maximum atomic E-state index is 12.1. The van der Waals surface area contributed by atoms with E-state index in [1.165, 1.54) is 0 Å². The van der Waals surface area contributed by atoms with Crippen LogP contribution >= 0.6 is 0 Å². The number of hydrogen-bond donors (Lipinski definition) is 1. The first-order valence-electron chi connectivity index (χ1n) is 6.76. The number of carbonyl (C=O) groups excluding carboxylic acids is 2. The summed E-state index contributed by atoms with van der Waals surface area (Å²) in [5.74, 6) is -0.0429. The molecule has 1 fully saturated rings. The first-order chi connectivity index (χ1) is 9.13. The summed E-state index contributed by atoms with van der Waals surface area (Å²) in [4.78, 5) is 25.9. The van der Waals surface area contributed by atoms with Crippen molar-refractivity contribution >= 4 is 11.8 Å². The molecule has 1 aliphatic rings. The smallest absolute Gasteiger partial charge is 0.243 e. The maximum absolute atomic E-state index is 12.1. The zero-order valence-corrected chi connectivity index (χ0v) is 11.4. The topological polar surface area (TPSA) is 49.4 Å². The summed E-state index contributed by atoms with van der Waals surface area (Å²) >= 11 is 0. The molecule has 2 atom stereocenters. The molecule has 1 aliphatic heterocycles. The fraction of sp³-hybridized carbons (Fsp3) is 0.467. The molecule has 0 aromatic heterocycles. The SMILES string of the molecule is CCC(C)N1C(=O)CNC(=O)C1Cc1ccccc1. The van der Waals surface area contributed by atoms with Crippen LogP contribution in [0, 0.1) is 0 Å². The van der Waals surface area contributed by atoms with Crippen LogP contribution in [0.3, 0.4) is 0 Å². The quantitative estimate of drug-likeness (QED) is 0.888. The molecular weight excluding hydrogens is 240 g/mol. The highest BCUT2D eigenvalue weighted by atomic mass is 16.2. The molecule has 1 aromatic carbocycles. The van der Waals surface area contributed by atoms with Crippen LogP contribution in [-0.4, -0.2) is 35.3 Å². The number of piperazine rings is 1. The van der Waals surface area contributed by atoms with Crippen molar-refractivity contribution in [3.05, 3.63) is 35.9 Å². The van der Waals surface area contributed by atoms with E-state index in [4.69, 9.17) is 0 Å². The fourth-order valence-electron chi connectivity index (χ4n) is 2.45. The van der Waals surface area contributed by atoms with Gasteiger partial charge in [-0.2, -0.15) is 0 Å². The Labute approximate surface area is 113 Å². The van der Waals surface area contributed by atoms with Crippen molar-refractivity contribution in [1.29, 1.82) is 0 Å². The standard InChI is InChI=1S/C15H20N2O2/c1-3-11(2)17-13(15(19)16-10-14(17)18)9-12-7-5-4-6-8-12/h4-8,11,13H,3,9-10H2,1-2H3,(H,16,19). The minimum atomic E-state index is -0.390. The van der Waals surface area contributed by atoms with E-state index in [0.717, 1.165) is 12.0 Å². The van der Waals surface area contributed by atoms with Crippen molar-refractivity contribution in [2.45, 2.75) is 38.8 Å². The zero-order valence-electron chi connectivity index (χ0n) is 11.4. The monoisotopic (exact) mass is 260 g/mol. The van der Waals surface area contributed by atoms with Crippen LogP contribution in [-0.2, 0) is 16.0 Å². The van der Waals surface area contributed by atoms with Gasteiger partial charge in [0.1, 0.15) is 6.04 Å². The van der Waals surface area contributed by atoms with E-state index < -0.39 is 6.04 Å². The van der Waals surface area contributed by atoms with Crippen LogP contribution < -0.4 is 5.32 Å². The lowest BCUT2D eigenvalue weighted by Gasteiger charge is -2.39. The molecule has 1 aromatic rings. The molecule has 1 saturated heterocycles. The van der Waals surface area contributed by atoms with Gasteiger partial charge in [-0.1, -0.05) is 37.3 Å². The van der Waals surface area contributed by atoms with E-state index in [1.54, 1.807) is 4.90 Å². The second-order valence-electron chi connectivity index (χ2n) is 4.98. The predicted molar refractivity (Wildman–Crippen MR) is 73.5 cm³/mol. The van der Waals surface area contributed by atoms with Crippen LogP contribution in [0.4, 0.5) is 0 Å². The molecule has 2 amide bonds. The Balaban J connectivity index is 2.22. The van der Waals surface area contributed by atoms with Gasteiger partial charge >= 0.3 is 0 Å². The number of rotatable bonds is 4. The number of carbonyl (C=O) groups is 2. The van der Waals surface area contributed by atoms with E-state index in [2.05, 4.69) is 5.32 Å². The third kappa shape index (κ3) is 2.95. The molecule has 4 nitrogen and oxygen atoms in total. The van der Waals surface area contributed by atoms with E-state index in [0.29, 0.717) is 6.42 Å². The third-order valence-electron chi connectivity index (χ3n) is 3.68. The normalized spacial score (nSPS) is 21.2. The zero-order chi connectivity index (χ0) is 13.8. The highest BCUT2D eigenvalue weighted by molar-refractivity contribution is 5.95. The van der Waals surface area contributed by atoms with Gasteiger partial charge in [-0.05, 0) is 18.9 Å². The average molecular weight is 260 g/mol. The Hall–Kier alpha value is -1.84. The van der Waals surface area contributed by atoms with Gasteiger partial charge in [0.2, 0.25) is 11.8 Å². The Bertz CT molecular complexity index is 458. The number of amides is 2. The molecule has 0 bridgehead atoms. The summed E-state index contributed by atoms with van der Waals surface area (Å²) < 4.78 is 0. The highest BCUT2D eigenvalue weighted by Crippen LogP contribution is 2.17. The van der Waals surface area contributed by atoms with Crippen molar-refractivity contribution in [3.63, 3.8) is 0 Å². The van der Waals surface area contributed by atoms with Gasteiger partial charge in [0, 0.05) is 12.5 Å². The lowest BCUT2D eigenvalue weighted by atomic mass is 9.99. The number of nitrogens with one attached hydrogen (secondary N) is 1. The van der Waals surface area contributed by atoms with Crippen LogP contribution in [0.1, 0.15) is 25.8 Å². The first-order valence-corrected chi connectivity index (χ1v) is 6.76. The molecule has 19 heavy (non-hydrogen) atoms. The van der Waals surface area contributed by atoms with Crippen molar-refractivity contribution < 1.29 is 9.59 Å². The minimum absolute atomic E-state index is 0.00915. The summed E-state index contributed by atoms with van der Waals surface area (Å²) in [5.41, 5.74) is 1.07. The molecule has 4 heteroatoms. The second kappa shape index (κ2) is 5.87. The Morgan fingerprint density at radius 2 is 2.00 bits per heavy atom. The lowest BCUT2D eigenvalue weighted by Crippen LogP contribution is -2.61. The van der Waals surface area contributed by atoms with Crippen LogP contribution in [0.5, 0.6) is 0 Å². The summed E-state index contributed by atoms with van der Waals surface area (Å²) in [6.07, 6.45) is 1.42. The van der Waals surface area contributed by atoms with E-state index in [-0.39, 0.29) is 24.4 Å². The summed E-state index contributed by atoms with van der Waals surface area (Å²) in [5, 5.41) is 2.68. The molecule has 1 N–H and O–H groups in total. The molecule has 0 aliphatic carbocycles. The summed E-state index contributed by atoms with van der Waals surface area (Å²) in [6, 6.07) is 9.52. The molecule has 2 unspecified atom stereocenters. The second-order valence-corrected chi connectivity index (χ2v) is 4.98. The van der Waals surface area contributed by atoms with Crippen LogP contribution in [0.15, 0.2) is 30.3 Å². The van der Waals surface area contributed by atoms with E-state index in [1.807, 2.05) is 44.2 Å². The van der Waals surface area contributed by atoms with Crippen molar-refractivity contribution in [3.8, 4) is 0 Å². The Kier molecular flexibility index (Phi) is 4.20. The van der Waals surface area contributed by atoms with E-state index in [9.17, 15) is 9.59 Å². The number of nitrogens with zero attached hydrogens (tertiary/aromatic N) is 1. The van der Waals surface area contributed by atoms with Crippen molar-refractivity contribution in [2.75, 3.05) is 6.54 Å². The van der Waals surface area contributed by atoms with Crippen molar-refractivity contribution in [2.24, 2.45) is 0 Å². The van der Waals surface area contributed by atoms with Gasteiger partial charge in [0.15, 0.2) is 0 Å². The highest BCUT2D eigenvalue weighted by Gasteiger charge is 2.36. The Morgan fingerprint density at radius 1 is 1.32 bits per heavy atom. The predicted octanol–water partition coefficient (Wildman–Crippen LogP) is 1.35. The first kappa shape index (κ1) is 13.6. The summed E-state index contributed by atoms with van der Waals surface area (Å²) in [7, 11) is 0. The molecule has 102 valence electrons. The van der Waals surface area contributed by atoms with Crippen molar-refractivity contribution in [1.82, 2.24) is 10.2 Å². The minimum Gasteiger partial charge on any atom is -0.345 e. The number of benzene rings is 1. The van der Waals surface area contributed by atoms with Crippen LogP contribution in [0.25, 0.3) is 0 Å². The van der Waals surface area contributed by atoms with Gasteiger partial charge in [0.25, 0.3) is 0 Å². The molecule has 0 radical (unpaired) electrons. The molecule has 0 spiro atoms. The average Bonchev–Trinajstić information content (AvgIpc) is 2.43. The number of hydrogen-bond acceptors (Lipinski definition) is 2. The van der Waals surface area contributed by atoms with Gasteiger partial charge < -0.3 is 10.2 Å². The molecular formula is C15H20N2O2. The van der Waals surface area contributed by atoms with E-state index >= 15 is 0 Å². The van der Waals surface area contributed by atoms with Gasteiger partial charge in [0.05, 0.1) is 6.54 Å². The lowest BCUT2D eigenvalue weighted by molar-refractivity contribution is -0.148. The molecule has 1 heterocycles. The van der Waals surface area contributed by atoms with Gasteiger partial charge in [-0.3, -0.25) is 9.59 Å². The summed E-state index contributed by atoms with van der Waals surface area (Å²) in [6.45, 7) is 4.15. The van der Waals surface area contributed by atoms with Gasteiger partial charge in [-0.25, -0.2) is 0 Å². The Morgan fingerprint density at radius 3 is 2.63 bits per heavy atom. The van der Waals surface area contributed by atoms with Gasteiger partial charge in [-0.15, -0.1) is 0 Å². The van der Waals surface area contributed by atoms with Crippen LogP contribution in [0.2, 0.25) is 0 Å². The fourth-order valence-corrected chi connectivity index (χ4v) is 2.45. The molecule has 2 rings (SSSR count). The molecule has 0 saturated carbocycles. The third-order valence-corrected chi connectivity index (χ3v) is 3.68. The largest absolute Gasteiger partial charge is 0.345 e. The maximum Gasteiger partial charge on any atom is 0.243 e.